The molecule has 0 heterocycles. The fraction of sp³-hybridized carbons (Fsp3) is 0. The zero-order valence-electron chi connectivity index (χ0n) is 25.7. The summed E-state index contributed by atoms with van der Waals surface area (Å²) in [4.78, 5) is 47.7. The van der Waals surface area contributed by atoms with Gasteiger partial charge in [-0.15, -0.1) is 10.2 Å². The van der Waals surface area contributed by atoms with Crippen molar-refractivity contribution in [1.29, 1.82) is 0 Å². The summed E-state index contributed by atoms with van der Waals surface area (Å²) < 4.78 is 33.5. The number of hydrazone groups is 1. The van der Waals surface area contributed by atoms with E-state index in [0.717, 1.165) is 36.4 Å². The molecule has 4 aromatic carbocycles. The number of anilines is 5. The first-order valence-electron chi connectivity index (χ1n) is 14.2. The Balaban J connectivity index is 1.38. The first-order chi connectivity index (χ1) is 24.2. The van der Waals surface area contributed by atoms with Crippen LogP contribution in [0.25, 0.3) is 0 Å². The highest BCUT2D eigenvalue weighted by Crippen LogP contribution is 2.38. The van der Waals surface area contributed by atoms with Gasteiger partial charge in [-0.05, 0) is 85.0 Å². The van der Waals surface area contributed by atoms with E-state index in [-0.39, 0.29) is 22.4 Å². The molecule has 1 aliphatic carbocycles. The number of nitrogens with one attached hydrogen (secondary N) is 3. The van der Waals surface area contributed by atoms with Crippen molar-refractivity contribution in [2.75, 3.05) is 27.7 Å². The van der Waals surface area contributed by atoms with Gasteiger partial charge in [0.05, 0.1) is 27.7 Å². The number of nitrogens with zero attached hydrogens (tertiary/aromatic N) is 5. The van der Waals surface area contributed by atoms with Crippen LogP contribution < -0.4 is 49.3 Å². The second-order valence-corrected chi connectivity index (χ2v) is 11.7. The zero-order valence-corrected chi connectivity index (χ0v) is 26.5. The topological polar surface area (TPSA) is 313 Å². The number of aliphatic carboxylic acids is 1. The Kier molecular flexibility index (Phi) is 9.90. The molecule has 5 rings (SSSR count). The number of ketones is 1. The first-order valence-corrected chi connectivity index (χ1v) is 15.6. The van der Waals surface area contributed by atoms with Gasteiger partial charge in [0.2, 0.25) is 10.9 Å². The number of nitrogens with two attached hydrogens (primary N) is 2. The van der Waals surface area contributed by atoms with Gasteiger partial charge in [-0.1, -0.05) is 0 Å². The second-order valence-electron chi connectivity index (χ2n) is 10.3. The summed E-state index contributed by atoms with van der Waals surface area (Å²) in [6.45, 7) is 0. The Morgan fingerprint density at radius 1 is 0.765 bits per heavy atom. The van der Waals surface area contributed by atoms with Gasteiger partial charge >= 0.3 is 5.97 Å². The van der Waals surface area contributed by atoms with Crippen molar-refractivity contribution < 1.29 is 32.8 Å². The molecular formula is C31H24N10O9S. The van der Waals surface area contributed by atoms with Crippen LogP contribution in [-0.4, -0.2) is 40.6 Å². The summed E-state index contributed by atoms with van der Waals surface area (Å²) in [5, 5.41) is 38.5. The number of allylic oxidation sites excluding steroid dienone is 3. The highest BCUT2D eigenvalue weighted by Gasteiger charge is 2.19. The maximum atomic E-state index is 13.1. The molecule has 0 saturated heterocycles. The summed E-state index contributed by atoms with van der Waals surface area (Å²) in [6, 6.07) is 14.2. The van der Waals surface area contributed by atoms with E-state index in [1.54, 1.807) is 12.1 Å². The minimum Gasteiger partial charge on any atom is -0.504 e. The molecule has 0 spiro atoms. The Labute approximate surface area is 285 Å². The third-order valence-corrected chi connectivity index (χ3v) is 7.57. The maximum Gasteiger partial charge on any atom is 0.339 e. The van der Waals surface area contributed by atoms with Crippen LogP contribution in [-0.2, 0) is 19.7 Å². The predicted molar refractivity (Wildman–Crippen MR) is 184 cm³/mol. The van der Waals surface area contributed by atoms with Gasteiger partial charge in [-0.2, -0.15) is 23.7 Å². The Morgan fingerprint density at radius 2 is 1.43 bits per heavy atom. The van der Waals surface area contributed by atoms with Gasteiger partial charge in [0.1, 0.15) is 28.0 Å². The van der Waals surface area contributed by atoms with E-state index in [0.29, 0.717) is 17.1 Å². The number of phenols is 1. The monoisotopic (exact) mass is 712 g/mol. The number of carbonyl (C=O) groups excluding carboxylic acids is 1. The highest BCUT2D eigenvalue weighted by molar-refractivity contribution is 7.85. The first kappa shape index (κ1) is 35.0. The average molecular weight is 713 g/mol. The number of hydrogen-bond donors (Lipinski definition) is 8. The third kappa shape index (κ3) is 8.40. The lowest BCUT2D eigenvalue weighted by Crippen LogP contribution is -2.47. The molecule has 20 heteroatoms. The second kappa shape index (κ2) is 14.4. The molecule has 51 heavy (non-hydrogen) atoms. The van der Waals surface area contributed by atoms with Crippen LogP contribution in [0.4, 0.5) is 39.8 Å². The summed E-state index contributed by atoms with van der Waals surface area (Å²) in [5.74, 6) is -2.70. The molecular weight excluding hydrogens is 688 g/mol. The van der Waals surface area contributed by atoms with E-state index in [9.17, 15) is 37.3 Å². The number of aromatic hydroxyl groups is 1. The van der Waals surface area contributed by atoms with Crippen molar-refractivity contribution >= 4 is 67.4 Å². The number of azo groups is 1. The Bertz CT molecular complexity index is 2560. The predicted octanol–water partition coefficient (Wildman–Crippen LogP) is 1.59. The number of rotatable bonds is 10. The van der Waals surface area contributed by atoms with Crippen molar-refractivity contribution in [3.8, 4) is 5.75 Å². The fourth-order valence-electron chi connectivity index (χ4n) is 4.16. The van der Waals surface area contributed by atoms with E-state index in [1.807, 2.05) is 0 Å². The third-order valence-electron chi connectivity index (χ3n) is 6.74. The number of carboxylic acids is 1. The van der Waals surface area contributed by atoms with E-state index in [1.165, 1.54) is 36.4 Å². The highest BCUT2D eigenvalue weighted by atomic mass is 32.2. The van der Waals surface area contributed by atoms with Crippen LogP contribution >= 0.6 is 0 Å². The molecule has 0 radical (unpaired) electrons. The normalized spacial score (nSPS) is 14.6. The smallest absolute Gasteiger partial charge is 0.339 e. The molecule has 0 atom stereocenters. The maximum absolute atomic E-state index is 13.1. The van der Waals surface area contributed by atoms with Crippen LogP contribution in [0.2, 0.25) is 0 Å². The van der Waals surface area contributed by atoms with Crippen molar-refractivity contribution in [2.45, 2.75) is 4.90 Å². The minimum atomic E-state index is -4.82. The summed E-state index contributed by atoms with van der Waals surface area (Å²) >= 11 is 0. The standard InChI is InChI=1S/C31H24N10O9S/c32-15-1-7-22(21(33)11-15)37-39-24-13-19(51(48,49)50)14-25(29(24)44)40-38-23-8-10-27(43)28(30(23)45)41-35-17-4-2-16(3-5-17)34-36-18-6-9-26(42)20(12-18)31(46)47/h1-14,34-35,40,44H,32-33H2,(H,46,47)(H,48,49,50). The fourth-order valence-corrected chi connectivity index (χ4v) is 4.68. The van der Waals surface area contributed by atoms with Crippen LogP contribution in [0, 0.1) is 0 Å². The molecule has 1 aliphatic rings. The lowest BCUT2D eigenvalue weighted by Gasteiger charge is -2.08. The van der Waals surface area contributed by atoms with Crippen molar-refractivity contribution in [3.05, 3.63) is 122 Å². The SMILES string of the molecule is Nc1ccc(N=Nc2cc(S(=O)(=O)O)cc(NN=c3ccc(=O)c(=NNc4ccc(NN=C5C=CC(=O)C(C(=O)O)=C5)cc4)c3=O)c2O)c(N)c1. The Morgan fingerprint density at radius 3 is 2.08 bits per heavy atom. The molecule has 0 bridgehead atoms. The Hall–Kier alpha value is -7.32. The summed E-state index contributed by atoms with van der Waals surface area (Å²) in [7, 11) is -4.82. The molecule has 0 aliphatic heterocycles. The molecule has 0 aromatic heterocycles. The van der Waals surface area contributed by atoms with Gasteiger partial charge in [0, 0.05) is 5.69 Å². The van der Waals surface area contributed by atoms with Crippen molar-refractivity contribution in [2.24, 2.45) is 25.5 Å². The summed E-state index contributed by atoms with van der Waals surface area (Å²) in [5.41, 5.74) is 17.8. The lowest BCUT2D eigenvalue weighted by atomic mass is 10.0. The van der Waals surface area contributed by atoms with Gasteiger partial charge in [0.15, 0.2) is 16.9 Å². The minimum absolute atomic E-state index is 0.141. The van der Waals surface area contributed by atoms with Gasteiger partial charge in [-0.3, -0.25) is 35.2 Å². The quantitative estimate of drug-likeness (QED) is 0.0220. The molecule has 0 amide bonds. The van der Waals surface area contributed by atoms with Crippen LogP contribution in [0.3, 0.4) is 0 Å². The van der Waals surface area contributed by atoms with Crippen LogP contribution in [0.1, 0.15) is 0 Å². The van der Waals surface area contributed by atoms with E-state index < -0.39 is 65.7 Å². The van der Waals surface area contributed by atoms with Gasteiger partial charge in [-0.25, -0.2) is 4.79 Å². The van der Waals surface area contributed by atoms with Crippen molar-refractivity contribution in [3.63, 3.8) is 0 Å². The van der Waals surface area contributed by atoms with E-state index in [4.69, 9.17) is 16.6 Å². The molecule has 0 saturated carbocycles. The molecule has 0 fully saturated rings. The molecule has 10 N–H and O–H groups in total. The number of carboxylic acid groups (broad SMARTS) is 1. The van der Waals surface area contributed by atoms with E-state index in [2.05, 4.69) is 41.8 Å². The van der Waals surface area contributed by atoms with Gasteiger partial charge in [0.25, 0.3) is 10.1 Å². The molecule has 0 unspecified atom stereocenters. The number of nitrogen functional groups attached to an aromatic ring is 2. The largest absolute Gasteiger partial charge is 0.504 e. The molecule has 258 valence electrons. The van der Waals surface area contributed by atoms with Gasteiger partial charge < -0.3 is 21.7 Å². The number of benzene rings is 4. The summed E-state index contributed by atoms with van der Waals surface area (Å²) in [6.07, 6.45) is 3.55. The average Bonchev–Trinajstić information content (AvgIpc) is 3.08. The number of carbonyl (C=O) groups is 2. The molecule has 4 aromatic rings. The van der Waals surface area contributed by atoms with Crippen molar-refractivity contribution in [1.82, 2.24) is 0 Å². The van der Waals surface area contributed by atoms with Crippen LogP contribution in [0.5, 0.6) is 5.75 Å². The molecule has 19 nitrogen and oxygen atoms in total. The number of phenolic OH excluding ortho intramolecular Hbond substituents is 1. The zero-order chi connectivity index (χ0) is 36.9. The van der Waals surface area contributed by atoms with E-state index >= 15 is 0 Å². The number of hydrogen-bond acceptors (Lipinski definition) is 17. The lowest BCUT2D eigenvalue weighted by molar-refractivity contribution is -0.134. The van der Waals surface area contributed by atoms with Crippen LogP contribution in [0.15, 0.2) is 131 Å².